The summed E-state index contributed by atoms with van der Waals surface area (Å²) in [7, 11) is 1.41. The van der Waals surface area contributed by atoms with E-state index in [0.29, 0.717) is 10.6 Å². The fourth-order valence-corrected chi connectivity index (χ4v) is 4.66. The summed E-state index contributed by atoms with van der Waals surface area (Å²) in [5.41, 5.74) is 1.42. The van der Waals surface area contributed by atoms with Crippen LogP contribution >= 0.6 is 11.6 Å². The number of aliphatic hydroxyl groups excluding tert-OH is 1. The highest BCUT2D eigenvalue weighted by atomic mass is 35.5. The first kappa shape index (κ1) is 26.2. The maximum Gasteiger partial charge on any atom is 0.300 e. The number of halogens is 3. The number of anilines is 2. The lowest BCUT2D eigenvalue weighted by atomic mass is 9.94. The van der Waals surface area contributed by atoms with Crippen molar-refractivity contribution in [1.82, 2.24) is 0 Å². The smallest absolute Gasteiger partial charge is 0.300 e. The molecule has 192 valence electrons. The van der Waals surface area contributed by atoms with Crippen molar-refractivity contribution >= 4 is 40.4 Å². The molecule has 3 aromatic rings. The van der Waals surface area contributed by atoms with Crippen LogP contribution in [0.15, 0.2) is 66.2 Å². The molecule has 6 nitrogen and oxygen atoms in total. The van der Waals surface area contributed by atoms with Gasteiger partial charge in [0, 0.05) is 36.1 Å². The number of aliphatic hydroxyl groups is 1. The second-order valence-corrected chi connectivity index (χ2v) is 8.79. The minimum atomic E-state index is -1.17. The highest BCUT2D eigenvalue weighted by Crippen LogP contribution is 2.43. The summed E-state index contributed by atoms with van der Waals surface area (Å²) in [4.78, 5) is 29.7. The van der Waals surface area contributed by atoms with Gasteiger partial charge in [0.15, 0.2) is 11.6 Å². The van der Waals surface area contributed by atoms with Crippen molar-refractivity contribution in [2.75, 3.05) is 30.0 Å². The molecule has 1 heterocycles. The molecule has 1 N–H and O–H groups in total. The number of rotatable bonds is 7. The Morgan fingerprint density at radius 2 is 1.68 bits per heavy atom. The fraction of sp³-hybridized carbons (Fsp3) is 0.214. The number of hydrogen-bond acceptors (Lipinski definition) is 5. The molecule has 0 bridgehead atoms. The summed E-state index contributed by atoms with van der Waals surface area (Å²) >= 11 is 6.11. The SMILES string of the molecule is CCN(CC)c1ccc(C2/C(=C(\O)c3ccc(Cl)c(OC)c3)C(=O)C(=O)N2c2ccc(F)c(F)c2)cc1. The van der Waals surface area contributed by atoms with Crippen LogP contribution in [0, 0.1) is 11.6 Å². The highest BCUT2D eigenvalue weighted by molar-refractivity contribution is 6.51. The Kier molecular flexibility index (Phi) is 7.50. The van der Waals surface area contributed by atoms with Crippen LogP contribution in [0.3, 0.4) is 0 Å². The van der Waals surface area contributed by atoms with Gasteiger partial charge in [0.25, 0.3) is 11.7 Å². The van der Waals surface area contributed by atoms with Gasteiger partial charge in [-0.15, -0.1) is 0 Å². The van der Waals surface area contributed by atoms with Crippen LogP contribution in [0.4, 0.5) is 20.2 Å². The van der Waals surface area contributed by atoms with E-state index in [9.17, 15) is 23.5 Å². The van der Waals surface area contributed by atoms with Crippen molar-refractivity contribution in [3.8, 4) is 5.75 Å². The number of ether oxygens (including phenoxy) is 1. The molecule has 0 spiro atoms. The molecule has 1 saturated heterocycles. The molecule has 0 radical (unpaired) electrons. The third-order valence-corrected chi connectivity index (χ3v) is 6.70. The van der Waals surface area contributed by atoms with E-state index in [0.717, 1.165) is 35.8 Å². The number of benzene rings is 3. The van der Waals surface area contributed by atoms with E-state index in [1.807, 2.05) is 26.0 Å². The topological polar surface area (TPSA) is 70.1 Å². The van der Waals surface area contributed by atoms with E-state index >= 15 is 0 Å². The maximum atomic E-state index is 14.2. The van der Waals surface area contributed by atoms with Gasteiger partial charge < -0.3 is 14.7 Å². The summed E-state index contributed by atoms with van der Waals surface area (Å²) in [6, 6.07) is 13.5. The second kappa shape index (κ2) is 10.6. The van der Waals surface area contributed by atoms with E-state index in [1.54, 1.807) is 12.1 Å². The summed E-state index contributed by atoms with van der Waals surface area (Å²) in [6.07, 6.45) is 0. The Balaban J connectivity index is 1.92. The normalized spacial score (nSPS) is 16.8. The molecule has 3 aromatic carbocycles. The number of ketones is 1. The average Bonchev–Trinajstić information content (AvgIpc) is 3.17. The number of Topliss-reactive ketones (excluding diaryl/α,β-unsaturated/α-hetero) is 1. The van der Waals surface area contributed by atoms with Gasteiger partial charge in [-0.3, -0.25) is 14.5 Å². The van der Waals surface area contributed by atoms with Crippen LogP contribution in [0.5, 0.6) is 5.75 Å². The monoisotopic (exact) mass is 526 g/mol. The lowest BCUT2D eigenvalue weighted by Crippen LogP contribution is -2.29. The zero-order chi connectivity index (χ0) is 26.9. The van der Waals surface area contributed by atoms with Gasteiger partial charge in [0.05, 0.1) is 23.7 Å². The van der Waals surface area contributed by atoms with Crippen LogP contribution < -0.4 is 14.5 Å². The first-order chi connectivity index (χ1) is 17.7. The van der Waals surface area contributed by atoms with Crippen LogP contribution in [0.2, 0.25) is 5.02 Å². The highest BCUT2D eigenvalue weighted by Gasteiger charge is 2.47. The molecule has 1 aliphatic heterocycles. The predicted octanol–water partition coefficient (Wildman–Crippen LogP) is 6.10. The Morgan fingerprint density at radius 1 is 1.00 bits per heavy atom. The third-order valence-electron chi connectivity index (χ3n) is 6.39. The number of methoxy groups -OCH3 is 1. The molecule has 0 aromatic heterocycles. The molecule has 9 heteroatoms. The summed E-state index contributed by atoms with van der Waals surface area (Å²) < 4.78 is 33.1. The number of carbonyl (C=O) groups is 2. The zero-order valence-electron chi connectivity index (χ0n) is 20.5. The van der Waals surface area contributed by atoms with Crippen LogP contribution in [-0.2, 0) is 9.59 Å². The average molecular weight is 527 g/mol. The van der Waals surface area contributed by atoms with Gasteiger partial charge in [-0.1, -0.05) is 23.7 Å². The molecule has 0 aliphatic carbocycles. The molecule has 1 unspecified atom stereocenters. The van der Waals surface area contributed by atoms with E-state index in [4.69, 9.17) is 16.3 Å². The molecule has 1 atom stereocenters. The molecule has 1 aliphatic rings. The molecule has 1 fully saturated rings. The van der Waals surface area contributed by atoms with Gasteiger partial charge in [0.1, 0.15) is 11.5 Å². The van der Waals surface area contributed by atoms with Crippen LogP contribution in [0.25, 0.3) is 5.76 Å². The Morgan fingerprint density at radius 3 is 2.27 bits per heavy atom. The first-order valence-corrected chi connectivity index (χ1v) is 12.0. The Labute approximate surface area is 218 Å². The molecular formula is C28H25ClF2N2O4. The van der Waals surface area contributed by atoms with Crippen molar-refractivity contribution in [3.05, 3.63) is 94.0 Å². The fourth-order valence-electron chi connectivity index (χ4n) is 4.47. The van der Waals surface area contributed by atoms with Gasteiger partial charge in [-0.25, -0.2) is 8.78 Å². The minimum Gasteiger partial charge on any atom is -0.507 e. The van der Waals surface area contributed by atoms with Crippen LogP contribution in [-0.4, -0.2) is 37.0 Å². The standard InChI is InChI=1S/C28H25ClF2N2O4/c1-4-32(5-2)18-9-6-16(7-10-18)25-24(26(34)17-8-12-20(29)23(14-17)37-3)27(35)28(36)33(25)19-11-13-21(30)22(31)15-19/h6-15,25,34H,4-5H2,1-3H3/b26-24+. The van der Waals surface area contributed by atoms with Gasteiger partial charge in [0.2, 0.25) is 0 Å². The Bertz CT molecular complexity index is 1390. The van der Waals surface area contributed by atoms with E-state index < -0.39 is 35.1 Å². The largest absolute Gasteiger partial charge is 0.507 e. The van der Waals surface area contributed by atoms with Crippen molar-refractivity contribution < 1.29 is 28.2 Å². The first-order valence-electron chi connectivity index (χ1n) is 11.7. The lowest BCUT2D eigenvalue weighted by Gasteiger charge is -2.27. The van der Waals surface area contributed by atoms with E-state index in [2.05, 4.69) is 4.90 Å². The van der Waals surface area contributed by atoms with E-state index in [1.165, 1.54) is 31.4 Å². The van der Waals surface area contributed by atoms with E-state index in [-0.39, 0.29) is 22.6 Å². The summed E-state index contributed by atoms with van der Waals surface area (Å²) in [5, 5.41) is 11.6. The van der Waals surface area contributed by atoms with Crippen molar-refractivity contribution in [2.24, 2.45) is 0 Å². The maximum absolute atomic E-state index is 14.2. The second-order valence-electron chi connectivity index (χ2n) is 8.38. The van der Waals surface area contributed by atoms with Crippen molar-refractivity contribution in [2.45, 2.75) is 19.9 Å². The molecule has 4 rings (SSSR count). The van der Waals surface area contributed by atoms with Crippen LogP contribution in [0.1, 0.15) is 31.0 Å². The third kappa shape index (κ3) is 4.76. The van der Waals surface area contributed by atoms with Gasteiger partial charge in [-0.2, -0.15) is 0 Å². The number of amides is 1. The van der Waals surface area contributed by atoms with Gasteiger partial charge in [-0.05, 0) is 61.9 Å². The summed E-state index contributed by atoms with van der Waals surface area (Å²) in [6.45, 7) is 5.61. The van der Waals surface area contributed by atoms with Crippen molar-refractivity contribution in [1.29, 1.82) is 0 Å². The molecule has 1 amide bonds. The molecular weight excluding hydrogens is 502 g/mol. The number of carbonyl (C=O) groups excluding carboxylic acids is 2. The lowest BCUT2D eigenvalue weighted by molar-refractivity contribution is -0.132. The zero-order valence-corrected chi connectivity index (χ0v) is 21.2. The molecule has 0 saturated carbocycles. The Hall–Kier alpha value is -3.91. The minimum absolute atomic E-state index is 0.0217. The predicted molar refractivity (Wildman–Crippen MR) is 139 cm³/mol. The molecule has 37 heavy (non-hydrogen) atoms. The van der Waals surface area contributed by atoms with Gasteiger partial charge >= 0.3 is 0 Å². The van der Waals surface area contributed by atoms with Crippen molar-refractivity contribution in [3.63, 3.8) is 0 Å². The quantitative estimate of drug-likeness (QED) is 0.229. The number of nitrogens with zero attached hydrogens (tertiary/aromatic N) is 2. The summed E-state index contributed by atoms with van der Waals surface area (Å²) in [5.74, 6) is -4.39. The number of hydrogen-bond donors (Lipinski definition) is 1.